The van der Waals surface area contributed by atoms with Crippen LogP contribution in [-0.4, -0.2) is 34.9 Å². The van der Waals surface area contributed by atoms with Crippen molar-refractivity contribution in [3.05, 3.63) is 41.3 Å². The topological polar surface area (TPSA) is 71.2 Å². The molecular weight excluding hydrogens is 411 g/mol. The van der Waals surface area contributed by atoms with E-state index in [1.165, 1.54) is 11.3 Å². The Morgan fingerprint density at radius 2 is 2.04 bits per heavy atom. The van der Waals surface area contributed by atoms with Crippen LogP contribution < -0.4 is 11.1 Å². The minimum Gasteiger partial charge on any atom is -0.334 e. The summed E-state index contributed by atoms with van der Waals surface area (Å²) in [6.07, 6.45) is 2.04. The molecule has 4 rings (SSSR count). The number of rotatable bonds is 4. The first-order chi connectivity index (χ1) is 11.7. The van der Waals surface area contributed by atoms with Gasteiger partial charge in [0.05, 0.1) is 9.58 Å². The third kappa shape index (κ3) is 4.13. The molecule has 0 saturated carbocycles. The number of anilines is 2. The van der Waals surface area contributed by atoms with Crippen molar-refractivity contribution in [1.82, 2.24) is 9.88 Å². The molecule has 1 aliphatic rings. The molecule has 2 aromatic heterocycles. The number of carbonyl (C=O) groups excluding carboxylic acids is 1. The number of thiophene rings is 1. The van der Waals surface area contributed by atoms with Gasteiger partial charge in [0.1, 0.15) is 4.83 Å². The number of fused-ring (bicyclic) bond motifs is 1. The summed E-state index contributed by atoms with van der Waals surface area (Å²) >= 11 is 3.04. The molecule has 1 aliphatic heterocycles. The molecule has 1 aromatic carbocycles. The highest BCUT2D eigenvalue weighted by Crippen LogP contribution is 2.35. The Bertz CT molecular complexity index is 837. The molecule has 0 radical (unpaired) electrons. The van der Waals surface area contributed by atoms with Crippen molar-refractivity contribution in [3.63, 3.8) is 0 Å². The van der Waals surface area contributed by atoms with E-state index in [0.717, 1.165) is 44.6 Å². The van der Waals surface area contributed by atoms with E-state index in [0.29, 0.717) is 6.54 Å². The van der Waals surface area contributed by atoms with Crippen LogP contribution in [0.25, 0.3) is 9.53 Å². The van der Waals surface area contributed by atoms with E-state index in [2.05, 4.69) is 10.3 Å². The summed E-state index contributed by atoms with van der Waals surface area (Å²) in [5, 5.41) is 4.15. The second-order valence-electron chi connectivity index (χ2n) is 5.82. The third-order valence-electron chi connectivity index (χ3n) is 4.24. The lowest BCUT2D eigenvalue weighted by molar-refractivity contribution is 0.0746. The van der Waals surface area contributed by atoms with Crippen molar-refractivity contribution >= 4 is 73.7 Å². The summed E-state index contributed by atoms with van der Waals surface area (Å²) in [7, 11) is 0. The fraction of sp³-hybridized carbons (Fsp3) is 0.294. The summed E-state index contributed by atoms with van der Waals surface area (Å²) in [6.45, 7) is 1.34. The van der Waals surface area contributed by atoms with Gasteiger partial charge in [0, 0.05) is 24.8 Å². The summed E-state index contributed by atoms with van der Waals surface area (Å²) < 4.78 is 1.05. The first-order valence-corrected chi connectivity index (χ1v) is 9.61. The molecule has 140 valence electrons. The fourth-order valence-electron chi connectivity index (χ4n) is 3.03. The van der Waals surface area contributed by atoms with Crippen molar-refractivity contribution < 1.29 is 4.79 Å². The van der Waals surface area contributed by atoms with Gasteiger partial charge in [0.15, 0.2) is 5.13 Å². The number of aromatic nitrogens is 1. The predicted molar refractivity (Wildman–Crippen MR) is 115 cm³/mol. The van der Waals surface area contributed by atoms with Crippen LogP contribution in [0, 0.1) is 0 Å². The first kappa shape index (κ1) is 20.9. The molecule has 0 bridgehead atoms. The lowest BCUT2D eigenvalue weighted by atomic mass is 10.2. The number of thiazole rings is 1. The van der Waals surface area contributed by atoms with E-state index in [4.69, 9.17) is 5.73 Å². The highest BCUT2D eigenvalue weighted by Gasteiger charge is 2.29. The number of likely N-dealkylation sites (tertiary alicyclic amines) is 1. The van der Waals surface area contributed by atoms with E-state index in [1.54, 1.807) is 11.3 Å². The molecule has 1 saturated heterocycles. The number of para-hydroxylation sites is 1. The fourth-order valence-corrected chi connectivity index (χ4v) is 5.12. The van der Waals surface area contributed by atoms with Crippen LogP contribution in [0.1, 0.15) is 22.5 Å². The van der Waals surface area contributed by atoms with Crippen LogP contribution in [-0.2, 0) is 0 Å². The van der Waals surface area contributed by atoms with E-state index in [-0.39, 0.29) is 36.8 Å². The molecule has 1 atom stereocenters. The Balaban J connectivity index is 0.00000121. The van der Waals surface area contributed by atoms with Crippen molar-refractivity contribution in [2.24, 2.45) is 5.73 Å². The van der Waals surface area contributed by atoms with Gasteiger partial charge in [-0.15, -0.1) is 36.2 Å². The van der Waals surface area contributed by atoms with E-state index >= 15 is 0 Å². The Hall–Kier alpha value is -1.38. The summed E-state index contributed by atoms with van der Waals surface area (Å²) in [6, 6.07) is 12.1. The molecular formula is C17H20Cl2N4OS2. The Kier molecular flexibility index (Phi) is 7.25. The Morgan fingerprint density at radius 1 is 1.27 bits per heavy atom. The van der Waals surface area contributed by atoms with Crippen molar-refractivity contribution in [2.75, 3.05) is 18.4 Å². The van der Waals surface area contributed by atoms with Gasteiger partial charge in [-0.1, -0.05) is 29.5 Å². The molecule has 1 unspecified atom stereocenters. The number of carbonyl (C=O) groups is 1. The van der Waals surface area contributed by atoms with Crippen molar-refractivity contribution in [3.8, 4) is 0 Å². The quantitative estimate of drug-likeness (QED) is 0.638. The lowest BCUT2D eigenvalue weighted by Gasteiger charge is -2.22. The largest absolute Gasteiger partial charge is 0.334 e. The van der Waals surface area contributed by atoms with Crippen LogP contribution in [0.3, 0.4) is 0 Å². The molecule has 1 fully saturated rings. The maximum absolute atomic E-state index is 12.7. The minimum absolute atomic E-state index is 0. The zero-order valence-electron chi connectivity index (χ0n) is 13.9. The smallest absolute Gasteiger partial charge is 0.264 e. The molecule has 1 amide bonds. The summed E-state index contributed by atoms with van der Waals surface area (Å²) in [5.74, 6) is 0.0933. The molecule has 3 N–H and O–H groups in total. The molecule has 5 nitrogen and oxygen atoms in total. The summed E-state index contributed by atoms with van der Waals surface area (Å²) in [4.78, 5) is 20.9. The van der Waals surface area contributed by atoms with Crippen LogP contribution in [0.4, 0.5) is 10.8 Å². The normalized spacial score (nSPS) is 16.2. The molecule has 3 aromatic rings. The number of nitrogens with zero attached hydrogens (tertiary/aromatic N) is 2. The average molecular weight is 431 g/mol. The molecule has 0 spiro atoms. The number of hydrogen-bond donors (Lipinski definition) is 2. The van der Waals surface area contributed by atoms with Crippen LogP contribution in [0.5, 0.6) is 0 Å². The van der Waals surface area contributed by atoms with Gasteiger partial charge >= 0.3 is 0 Å². The number of nitrogens with two attached hydrogens (primary N) is 1. The number of nitrogens with one attached hydrogen (secondary N) is 1. The number of amides is 1. The SMILES string of the molecule is Cl.Cl.NCC1CCCN1C(=O)c1cc2sc(Nc3ccccc3)nc2s1. The molecule has 0 aliphatic carbocycles. The van der Waals surface area contributed by atoms with Gasteiger partial charge in [-0.2, -0.15) is 0 Å². The first-order valence-electron chi connectivity index (χ1n) is 7.98. The third-order valence-corrected chi connectivity index (χ3v) is 6.30. The van der Waals surface area contributed by atoms with E-state index in [1.807, 2.05) is 41.3 Å². The van der Waals surface area contributed by atoms with Crippen LogP contribution in [0.15, 0.2) is 36.4 Å². The minimum atomic E-state index is 0. The van der Waals surface area contributed by atoms with Gasteiger partial charge < -0.3 is 16.0 Å². The zero-order valence-corrected chi connectivity index (χ0v) is 17.1. The lowest BCUT2D eigenvalue weighted by Crippen LogP contribution is -2.39. The van der Waals surface area contributed by atoms with Gasteiger partial charge in [-0.3, -0.25) is 4.79 Å². The van der Waals surface area contributed by atoms with Gasteiger partial charge in [-0.25, -0.2) is 4.98 Å². The highest BCUT2D eigenvalue weighted by molar-refractivity contribution is 7.29. The maximum atomic E-state index is 12.7. The van der Waals surface area contributed by atoms with Gasteiger partial charge in [0.2, 0.25) is 0 Å². The van der Waals surface area contributed by atoms with Crippen LogP contribution in [0.2, 0.25) is 0 Å². The van der Waals surface area contributed by atoms with Crippen LogP contribution >= 0.6 is 47.5 Å². The standard InChI is InChI=1S/C17H18N4OS2.2ClH/c18-10-12-7-4-8-21(12)16(22)14-9-13-15(23-14)20-17(24-13)19-11-5-2-1-3-6-11;;/h1-3,5-6,9,12H,4,7-8,10,18H2,(H,19,20);2*1H. The van der Waals surface area contributed by atoms with Crippen molar-refractivity contribution in [1.29, 1.82) is 0 Å². The Labute approximate surface area is 172 Å². The molecule has 26 heavy (non-hydrogen) atoms. The average Bonchev–Trinajstić information content (AvgIpc) is 3.29. The molecule has 3 heterocycles. The second-order valence-corrected chi connectivity index (χ2v) is 7.88. The van der Waals surface area contributed by atoms with Crippen molar-refractivity contribution in [2.45, 2.75) is 18.9 Å². The highest BCUT2D eigenvalue weighted by atomic mass is 35.5. The van der Waals surface area contributed by atoms with E-state index in [9.17, 15) is 4.79 Å². The van der Waals surface area contributed by atoms with Gasteiger partial charge in [0.25, 0.3) is 5.91 Å². The monoisotopic (exact) mass is 430 g/mol. The zero-order chi connectivity index (χ0) is 16.5. The maximum Gasteiger partial charge on any atom is 0.264 e. The Morgan fingerprint density at radius 3 is 2.73 bits per heavy atom. The number of benzene rings is 1. The molecule has 9 heteroatoms. The predicted octanol–water partition coefficient (Wildman–Crippen LogP) is 4.51. The summed E-state index contributed by atoms with van der Waals surface area (Å²) in [5.41, 5.74) is 6.79. The van der Waals surface area contributed by atoms with Gasteiger partial charge in [-0.05, 0) is 31.0 Å². The number of hydrogen-bond acceptors (Lipinski definition) is 6. The van der Waals surface area contributed by atoms with E-state index < -0.39 is 0 Å². The second kappa shape index (κ2) is 9.01. The number of halogens is 2.